The van der Waals surface area contributed by atoms with Crippen LogP contribution < -0.4 is 16.0 Å². The first-order chi connectivity index (χ1) is 7.46. The van der Waals surface area contributed by atoms with Gasteiger partial charge in [0, 0.05) is 6.07 Å². The summed E-state index contributed by atoms with van der Waals surface area (Å²) in [5, 5.41) is 0. The van der Waals surface area contributed by atoms with E-state index >= 15 is 0 Å². The van der Waals surface area contributed by atoms with Gasteiger partial charge in [-0.25, -0.2) is 0 Å². The Hall–Kier alpha value is -1.08. The Bertz CT molecular complexity index is 357. The number of alkyl halides is 3. The normalized spacial score (nSPS) is 11.3. The van der Waals surface area contributed by atoms with E-state index in [1.807, 2.05) is 0 Å². The second kappa shape index (κ2) is 5.31. The molecule has 0 aliphatic heterocycles. The molecule has 0 fully saturated rings. The van der Waals surface area contributed by atoms with Crippen molar-refractivity contribution in [3.05, 3.63) is 18.2 Å². The highest BCUT2D eigenvalue weighted by atomic mass is 32.2. The number of hydrazine groups is 1. The first-order valence-electron chi connectivity index (χ1n) is 4.45. The van der Waals surface area contributed by atoms with E-state index < -0.39 is 5.51 Å². The molecule has 0 amide bonds. The minimum absolute atomic E-state index is 0.0216. The zero-order chi connectivity index (χ0) is 12.2. The van der Waals surface area contributed by atoms with Crippen molar-refractivity contribution in [1.29, 1.82) is 0 Å². The van der Waals surface area contributed by atoms with Gasteiger partial charge in [0.1, 0.15) is 5.75 Å². The standard InChI is InChI=1S/C9H11F3N2OS/c1-2-15-7-5-6(14-13)3-4-8(7)16-9(10,11)12/h3-5,14H,2,13H2,1H3. The highest BCUT2D eigenvalue weighted by Crippen LogP contribution is 2.42. The fourth-order valence-electron chi connectivity index (χ4n) is 1.08. The maximum absolute atomic E-state index is 12.2. The van der Waals surface area contributed by atoms with Gasteiger partial charge in [0.15, 0.2) is 0 Å². The maximum atomic E-state index is 12.2. The van der Waals surface area contributed by atoms with Gasteiger partial charge in [0.05, 0.1) is 17.2 Å². The van der Waals surface area contributed by atoms with E-state index in [0.29, 0.717) is 12.3 Å². The molecule has 0 saturated heterocycles. The van der Waals surface area contributed by atoms with Crippen LogP contribution >= 0.6 is 11.8 Å². The van der Waals surface area contributed by atoms with Gasteiger partial charge in [-0.05, 0) is 30.8 Å². The molecule has 90 valence electrons. The van der Waals surface area contributed by atoms with E-state index in [1.165, 1.54) is 18.2 Å². The number of ether oxygens (including phenoxy) is 1. The fraction of sp³-hybridized carbons (Fsp3) is 0.333. The van der Waals surface area contributed by atoms with Gasteiger partial charge in [-0.15, -0.1) is 0 Å². The summed E-state index contributed by atoms with van der Waals surface area (Å²) in [5.74, 6) is 5.32. The summed E-state index contributed by atoms with van der Waals surface area (Å²) in [4.78, 5) is 0.0216. The molecular weight excluding hydrogens is 241 g/mol. The summed E-state index contributed by atoms with van der Waals surface area (Å²) < 4.78 is 41.7. The van der Waals surface area contributed by atoms with E-state index in [0.717, 1.165) is 0 Å². The molecule has 1 aromatic rings. The summed E-state index contributed by atoms with van der Waals surface area (Å²) >= 11 is -0.207. The van der Waals surface area contributed by atoms with Crippen molar-refractivity contribution >= 4 is 17.4 Å². The van der Waals surface area contributed by atoms with Gasteiger partial charge in [-0.2, -0.15) is 13.2 Å². The van der Waals surface area contributed by atoms with Crippen molar-refractivity contribution < 1.29 is 17.9 Å². The van der Waals surface area contributed by atoms with Crippen LogP contribution in [0.3, 0.4) is 0 Å². The monoisotopic (exact) mass is 252 g/mol. The average molecular weight is 252 g/mol. The summed E-state index contributed by atoms with van der Waals surface area (Å²) in [6.07, 6.45) is 0. The minimum atomic E-state index is -4.33. The lowest BCUT2D eigenvalue weighted by atomic mass is 10.3. The van der Waals surface area contributed by atoms with Gasteiger partial charge >= 0.3 is 5.51 Å². The largest absolute Gasteiger partial charge is 0.493 e. The number of nitrogens with one attached hydrogen (secondary N) is 1. The van der Waals surface area contributed by atoms with E-state index in [2.05, 4.69) is 5.43 Å². The van der Waals surface area contributed by atoms with E-state index in [9.17, 15) is 13.2 Å². The molecule has 0 radical (unpaired) electrons. The number of thioether (sulfide) groups is 1. The molecule has 0 aliphatic rings. The molecule has 0 spiro atoms. The summed E-state index contributed by atoms with van der Waals surface area (Å²) in [7, 11) is 0. The predicted molar refractivity (Wildman–Crippen MR) is 57.3 cm³/mol. The Morgan fingerprint density at radius 3 is 2.62 bits per heavy atom. The number of benzene rings is 1. The predicted octanol–water partition coefficient (Wildman–Crippen LogP) is 2.98. The van der Waals surface area contributed by atoms with E-state index in [-0.39, 0.29) is 22.4 Å². The SMILES string of the molecule is CCOc1cc(NN)ccc1SC(F)(F)F. The number of nitrogens with two attached hydrogens (primary N) is 1. The molecule has 0 heterocycles. The lowest BCUT2D eigenvalue weighted by Gasteiger charge is -2.12. The third-order valence-corrected chi connectivity index (χ3v) is 2.42. The van der Waals surface area contributed by atoms with Gasteiger partial charge in [-0.1, -0.05) is 0 Å². The van der Waals surface area contributed by atoms with Crippen molar-refractivity contribution in [2.75, 3.05) is 12.0 Å². The quantitative estimate of drug-likeness (QED) is 0.491. The van der Waals surface area contributed by atoms with Crippen LogP contribution in [0, 0.1) is 0 Å². The smallest absolute Gasteiger partial charge is 0.446 e. The van der Waals surface area contributed by atoms with Crippen LogP contribution in [-0.2, 0) is 0 Å². The van der Waals surface area contributed by atoms with Crippen molar-refractivity contribution in [3.8, 4) is 5.75 Å². The molecule has 7 heteroatoms. The molecule has 0 bridgehead atoms. The summed E-state index contributed by atoms with van der Waals surface area (Å²) in [5.41, 5.74) is -1.49. The third-order valence-electron chi connectivity index (χ3n) is 1.64. The molecule has 0 aliphatic carbocycles. The van der Waals surface area contributed by atoms with Gasteiger partial charge in [-0.3, -0.25) is 5.84 Å². The van der Waals surface area contributed by atoms with Crippen molar-refractivity contribution in [2.45, 2.75) is 17.3 Å². The Balaban J connectivity index is 2.98. The van der Waals surface area contributed by atoms with Crippen LogP contribution in [0.4, 0.5) is 18.9 Å². The summed E-state index contributed by atoms with van der Waals surface area (Å²) in [6.45, 7) is 1.99. The lowest BCUT2D eigenvalue weighted by molar-refractivity contribution is -0.0329. The molecule has 16 heavy (non-hydrogen) atoms. The summed E-state index contributed by atoms with van der Waals surface area (Å²) in [6, 6.07) is 4.20. The second-order valence-corrected chi connectivity index (χ2v) is 3.89. The van der Waals surface area contributed by atoms with Crippen molar-refractivity contribution in [2.24, 2.45) is 5.84 Å². The van der Waals surface area contributed by atoms with E-state index in [1.54, 1.807) is 6.92 Å². The zero-order valence-corrected chi connectivity index (χ0v) is 9.28. The van der Waals surface area contributed by atoms with Crippen LogP contribution in [0.1, 0.15) is 6.92 Å². The molecular formula is C9H11F3N2OS. The van der Waals surface area contributed by atoms with E-state index in [4.69, 9.17) is 10.6 Å². The lowest BCUT2D eigenvalue weighted by Crippen LogP contribution is -2.07. The molecule has 0 saturated carbocycles. The Morgan fingerprint density at radius 2 is 2.12 bits per heavy atom. The third kappa shape index (κ3) is 3.82. The van der Waals surface area contributed by atoms with Crippen LogP contribution in [0.5, 0.6) is 5.75 Å². The fourth-order valence-corrected chi connectivity index (χ4v) is 1.68. The molecule has 1 aromatic carbocycles. The highest BCUT2D eigenvalue weighted by Gasteiger charge is 2.30. The second-order valence-electron chi connectivity index (χ2n) is 2.79. The number of hydrogen-bond donors (Lipinski definition) is 2. The molecule has 0 atom stereocenters. The maximum Gasteiger partial charge on any atom is 0.446 e. The highest BCUT2D eigenvalue weighted by molar-refractivity contribution is 8.00. The number of halogens is 3. The molecule has 1 rings (SSSR count). The zero-order valence-electron chi connectivity index (χ0n) is 8.47. The van der Waals surface area contributed by atoms with Gasteiger partial charge in [0.2, 0.25) is 0 Å². The Morgan fingerprint density at radius 1 is 1.44 bits per heavy atom. The topological polar surface area (TPSA) is 47.3 Å². The molecule has 3 nitrogen and oxygen atoms in total. The van der Waals surface area contributed by atoms with Crippen LogP contribution in [0.2, 0.25) is 0 Å². The van der Waals surface area contributed by atoms with Gasteiger partial charge < -0.3 is 10.2 Å². The molecule has 0 unspecified atom stereocenters. The number of hydrogen-bond acceptors (Lipinski definition) is 4. The first kappa shape index (κ1) is 13.0. The van der Waals surface area contributed by atoms with Crippen LogP contribution in [0.25, 0.3) is 0 Å². The minimum Gasteiger partial charge on any atom is -0.493 e. The van der Waals surface area contributed by atoms with Crippen molar-refractivity contribution in [3.63, 3.8) is 0 Å². The molecule has 0 aromatic heterocycles. The molecule has 3 N–H and O–H groups in total. The van der Waals surface area contributed by atoms with Crippen molar-refractivity contribution in [1.82, 2.24) is 0 Å². The number of anilines is 1. The average Bonchev–Trinajstić information content (AvgIpc) is 2.19. The Kier molecular flexibility index (Phi) is 4.31. The van der Waals surface area contributed by atoms with Crippen LogP contribution in [-0.4, -0.2) is 12.1 Å². The van der Waals surface area contributed by atoms with Gasteiger partial charge in [0.25, 0.3) is 0 Å². The first-order valence-corrected chi connectivity index (χ1v) is 5.27. The number of rotatable bonds is 4. The van der Waals surface area contributed by atoms with Crippen LogP contribution in [0.15, 0.2) is 23.1 Å². The Labute approximate surface area is 95.1 Å². The number of nitrogen functional groups attached to an aromatic ring is 1.